The van der Waals surface area contributed by atoms with Crippen LogP contribution in [0.4, 0.5) is 0 Å². The van der Waals surface area contributed by atoms with E-state index in [9.17, 15) is 0 Å². The largest absolute Gasteiger partial charge is 0.264 e. The Labute approximate surface area is 66.8 Å². The second-order valence-electron chi connectivity index (χ2n) is 3.07. The maximum Gasteiger partial charge on any atom is 0.0305 e. The van der Waals surface area contributed by atoms with Gasteiger partial charge in [-0.05, 0) is 37.0 Å². The molecule has 0 atom stereocenters. The number of pyridine rings is 1. The summed E-state index contributed by atoms with van der Waals surface area (Å²) in [6, 6.07) is 2.08. The van der Waals surface area contributed by atoms with Gasteiger partial charge in [-0.1, -0.05) is 11.6 Å². The van der Waals surface area contributed by atoms with E-state index in [2.05, 4.69) is 24.1 Å². The molecule has 0 unspecified atom stereocenters. The molecule has 0 saturated heterocycles. The lowest BCUT2D eigenvalue weighted by Crippen LogP contribution is -1.97. The van der Waals surface area contributed by atoms with E-state index in [1.165, 1.54) is 23.1 Å². The van der Waals surface area contributed by atoms with Crippen molar-refractivity contribution in [2.45, 2.75) is 19.8 Å². The molecular weight excluding hydrogens is 134 g/mol. The highest BCUT2D eigenvalue weighted by molar-refractivity contribution is 5.58. The minimum atomic E-state index is 1.16. The molecule has 1 aromatic rings. The van der Waals surface area contributed by atoms with Crippen LogP contribution in [0, 0.1) is 0 Å². The van der Waals surface area contributed by atoms with E-state index in [-0.39, 0.29) is 0 Å². The number of fused-ring (bicyclic) bond motifs is 1. The summed E-state index contributed by atoms with van der Waals surface area (Å²) in [5, 5.41) is 0. The van der Waals surface area contributed by atoms with E-state index in [0.717, 1.165) is 6.42 Å². The number of hydrogen-bond donors (Lipinski definition) is 0. The molecule has 2 rings (SSSR count). The first-order chi connectivity index (χ1) is 5.36. The second-order valence-corrected chi connectivity index (χ2v) is 3.07. The molecule has 1 heterocycles. The molecule has 0 N–H and O–H groups in total. The van der Waals surface area contributed by atoms with Gasteiger partial charge < -0.3 is 0 Å². The summed E-state index contributed by atoms with van der Waals surface area (Å²) in [6.07, 6.45) is 8.43. The minimum absolute atomic E-state index is 1.16. The zero-order valence-electron chi connectivity index (χ0n) is 6.67. The third-order valence-corrected chi connectivity index (χ3v) is 2.13. The van der Waals surface area contributed by atoms with Crippen molar-refractivity contribution >= 4 is 6.08 Å². The van der Waals surface area contributed by atoms with Gasteiger partial charge in [0.15, 0.2) is 0 Å². The highest BCUT2D eigenvalue weighted by atomic mass is 14.6. The number of hydrogen-bond acceptors (Lipinski definition) is 1. The first-order valence-electron chi connectivity index (χ1n) is 3.96. The predicted molar refractivity (Wildman–Crippen MR) is 46.2 cm³/mol. The summed E-state index contributed by atoms with van der Waals surface area (Å²) in [7, 11) is 0. The predicted octanol–water partition coefficient (Wildman–Crippen LogP) is 2.43. The van der Waals surface area contributed by atoms with Gasteiger partial charge in [-0.3, -0.25) is 4.98 Å². The molecule has 0 aromatic carbocycles. The van der Waals surface area contributed by atoms with E-state index in [1.54, 1.807) is 0 Å². The highest BCUT2D eigenvalue weighted by Gasteiger charge is 2.05. The van der Waals surface area contributed by atoms with Gasteiger partial charge in [0.05, 0.1) is 0 Å². The molecule has 56 valence electrons. The maximum atomic E-state index is 4.09. The smallest absolute Gasteiger partial charge is 0.0305 e. The molecule has 0 aliphatic heterocycles. The van der Waals surface area contributed by atoms with Gasteiger partial charge in [0.25, 0.3) is 0 Å². The minimum Gasteiger partial charge on any atom is -0.264 e. The fourth-order valence-electron chi connectivity index (χ4n) is 1.46. The lowest BCUT2D eigenvalue weighted by molar-refractivity contribution is 0.918. The van der Waals surface area contributed by atoms with Gasteiger partial charge in [0.1, 0.15) is 0 Å². The van der Waals surface area contributed by atoms with Crippen LogP contribution in [0.1, 0.15) is 24.5 Å². The van der Waals surface area contributed by atoms with Gasteiger partial charge >= 0.3 is 0 Å². The van der Waals surface area contributed by atoms with Gasteiger partial charge in [-0.25, -0.2) is 0 Å². The Morgan fingerprint density at radius 3 is 3.18 bits per heavy atom. The van der Waals surface area contributed by atoms with Gasteiger partial charge in [0, 0.05) is 12.4 Å². The van der Waals surface area contributed by atoms with E-state index in [1.807, 2.05) is 12.4 Å². The fraction of sp³-hybridized carbons (Fsp3) is 0.300. The van der Waals surface area contributed by atoms with Crippen molar-refractivity contribution in [2.24, 2.45) is 0 Å². The molecule has 0 amide bonds. The molecule has 1 nitrogen and oxygen atoms in total. The fourth-order valence-corrected chi connectivity index (χ4v) is 1.46. The molecule has 1 aliphatic rings. The number of aryl methyl sites for hydroxylation is 1. The van der Waals surface area contributed by atoms with Crippen molar-refractivity contribution in [3.63, 3.8) is 0 Å². The molecule has 0 saturated carbocycles. The van der Waals surface area contributed by atoms with Crippen LogP contribution in [0.15, 0.2) is 24.0 Å². The summed E-state index contributed by atoms with van der Waals surface area (Å²) in [5.74, 6) is 0. The van der Waals surface area contributed by atoms with Gasteiger partial charge in [0.2, 0.25) is 0 Å². The summed E-state index contributed by atoms with van der Waals surface area (Å²) >= 11 is 0. The quantitative estimate of drug-likeness (QED) is 0.546. The Balaban J connectivity index is 2.51. The molecule has 0 fully saturated rings. The summed E-state index contributed by atoms with van der Waals surface area (Å²) in [4.78, 5) is 4.09. The van der Waals surface area contributed by atoms with Crippen LogP contribution in [-0.2, 0) is 6.42 Å². The number of aromatic nitrogens is 1. The number of nitrogens with zero attached hydrogens (tertiary/aromatic N) is 1. The molecule has 0 bridgehead atoms. The maximum absolute atomic E-state index is 4.09. The molecule has 0 spiro atoms. The summed E-state index contributed by atoms with van der Waals surface area (Å²) in [5.41, 5.74) is 4.21. The Morgan fingerprint density at radius 1 is 1.36 bits per heavy atom. The third kappa shape index (κ3) is 1.18. The third-order valence-electron chi connectivity index (χ3n) is 2.13. The van der Waals surface area contributed by atoms with Gasteiger partial charge in [-0.2, -0.15) is 0 Å². The van der Waals surface area contributed by atoms with Crippen LogP contribution in [-0.4, -0.2) is 4.98 Å². The number of allylic oxidation sites excluding steroid dienone is 1. The van der Waals surface area contributed by atoms with Crippen molar-refractivity contribution in [1.29, 1.82) is 0 Å². The van der Waals surface area contributed by atoms with Crippen LogP contribution >= 0.6 is 0 Å². The number of rotatable bonds is 0. The molecular formula is C10H11N. The Morgan fingerprint density at radius 2 is 2.27 bits per heavy atom. The lowest BCUT2D eigenvalue weighted by Gasteiger charge is -2.11. The van der Waals surface area contributed by atoms with Crippen molar-refractivity contribution in [1.82, 2.24) is 4.98 Å². The normalized spacial score (nSPS) is 15.5. The van der Waals surface area contributed by atoms with E-state index in [4.69, 9.17) is 0 Å². The van der Waals surface area contributed by atoms with E-state index < -0.39 is 0 Å². The molecule has 11 heavy (non-hydrogen) atoms. The summed E-state index contributed by atoms with van der Waals surface area (Å²) < 4.78 is 0. The molecule has 1 aromatic heterocycles. The molecule has 1 heteroatoms. The SMILES string of the molecule is CC1=Cc2ccncc2CC1. The highest BCUT2D eigenvalue weighted by Crippen LogP contribution is 2.21. The van der Waals surface area contributed by atoms with Crippen molar-refractivity contribution in [3.05, 3.63) is 35.2 Å². The monoisotopic (exact) mass is 145 g/mol. The second kappa shape index (κ2) is 2.50. The molecule has 1 aliphatic carbocycles. The van der Waals surface area contributed by atoms with E-state index in [0.29, 0.717) is 0 Å². The average Bonchev–Trinajstić information content (AvgIpc) is 2.04. The zero-order chi connectivity index (χ0) is 7.68. The van der Waals surface area contributed by atoms with Crippen molar-refractivity contribution in [2.75, 3.05) is 0 Å². The van der Waals surface area contributed by atoms with Crippen LogP contribution in [0.5, 0.6) is 0 Å². The zero-order valence-corrected chi connectivity index (χ0v) is 6.67. The summed E-state index contributed by atoms with van der Waals surface area (Å²) in [6.45, 7) is 2.18. The standard InChI is InChI=1S/C10H11N/c1-8-2-3-10-7-11-5-4-9(10)6-8/h4-7H,2-3H2,1H3. The van der Waals surface area contributed by atoms with Crippen LogP contribution < -0.4 is 0 Å². The van der Waals surface area contributed by atoms with Crippen LogP contribution in [0.25, 0.3) is 6.08 Å². The van der Waals surface area contributed by atoms with Gasteiger partial charge in [-0.15, -0.1) is 0 Å². The Hall–Kier alpha value is -1.11. The van der Waals surface area contributed by atoms with Crippen molar-refractivity contribution < 1.29 is 0 Å². The lowest BCUT2D eigenvalue weighted by atomic mass is 9.95. The van der Waals surface area contributed by atoms with Crippen molar-refractivity contribution in [3.8, 4) is 0 Å². The topological polar surface area (TPSA) is 12.9 Å². The first-order valence-corrected chi connectivity index (χ1v) is 3.96. The Kier molecular flexibility index (Phi) is 1.50. The first kappa shape index (κ1) is 6.59. The Bertz CT molecular complexity index is 299. The van der Waals surface area contributed by atoms with Crippen LogP contribution in [0.2, 0.25) is 0 Å². The van der Waals surface area contributed by atoms with E-state index >= 15 is 0 Å². The van der Waals surface area contributed by atoms with Crippen LogP contribution in [0.3, 0.4) is 0 Å². The molecule has 0 radical (unpaired) electrons. The average molecular weight is 145 g/mol.